The second-order valence-electron chi connectivity index (χ2n) is 7.99. The molecule has 0 radical (unpaired) electrons. The molecule has 0 saturated carbocycles. The van der Waals surface area contributed by atoms with E-state index in [4.69, 9.17) is 4.74 Å². The quantitative estimate of drug-likeness (QED) is 0.567. The molecule has 1 aliphatic rings. The lowest BCUT2D eigenvalue weighted by Gasteiger charge is -2.36. The Morgan fingerprint density at radius 1 is 1.10 bits per heavy atom. The number of fused-ring (bicyclic) bond motifs is 1. The Labute approximate surface area is 183 Å². The van der Waals surface area contributed by atoms with E-state index in [2.05, 4.69) is 32.2 Å². The smallest absolute Gasteiger partial charge is 0.253 e. The lowest BCUT2D eigenvalue weighted by atomic mass is 10.2. The van der Waals surface area contributed by atoms with Crippen molar-refractivity contribution >= 4 is 22.6 Å². The van der Waals surface area contributed by atoms with E-state index < -0.39 is 0 Å². The van der Waals surface area contributed by atoms with Crippen molar-refractivity contribution in [3.05, 3.63) is 54.4 Å². The molecule has 1 saturated heterocycles. The molecule has 0 aliphatic carbocycles. The Hall–Kier alpha value is -3.06. The standard InChI is InChI=1S/C24H31N5O2/c1-27-18-20(19-8-7-12-25-23(19)27)24(30)26-11-5-6-13-28-14-16-29(17-15-28)21-9-3-4-10-22(21)31-2/h3-4,7-10,12,18H,5-6,11,13-17H2,1-2H3,(H,26,30). The number of pyridine rings is 1. The third kappa shape index (κ3) is 4.82. The number of aryl methyl sites for hydroxylation is 1. The van der Waals surface area contributed by atoms with Crippen LogP contribution < -0.4 is 15.0 Å². The second kappa shape index (κ2) is 9.83. The van der Waals surface area contributed by atoms with Crippen molar-refractivity contribution in [2.24, 2.45) is 7.05 Å². The summed E-state index contributed by atoms with van der Waals surface area (Å²) in [5.74, 6) is 0.915. The van der Waals surface area contributed by atoms with Gasteiger partial charge in [-0.1, -0.05) is 12.1 Å². The molecule has 0 spiro atoms. The third-order valence-corrected chi connectivity index (χ3v) is 5.96. The third-order valence-electron chi connectivity index (χ3n) is 5.96. The van der Waals surface area contributed by atoms with Crippen LogP contribution >= 0.6 is 0 Å². The molecule has 0 atom stereocenters. The first-order valence-electron chi connectivity index (χ1n) is 11.0. The summed E-state index contributed by atoms with van der Waals surface area (Å²) in [6.07, 6.45) is 5.65. The van der Waals surface area contributed by atoms with Gasteiger partial charge in [0.2, 0.25) is 0 Å². The van der Waals surface area contributed by atoms with Gasteiger partial charge in [0.15, 0.2) is 0 Å². The number of benzene rings is 1. The summed E-state index contributed by atoms with van der Waals surface area (Å²) in [5, 5.41) is 3.96. The Kier molecular flexibility index (Phi) is 6.72. The van der Waals surface area contributed by atoms with Crippen molar-refractivity contribution < 1.29 is 9.53 Å². The van der Waals surface area contributed by atoms with Gasteiger partial charge in [-0.25, -0.2) is 4.98 Å². The Balaban J connectivity index is 1.18. The van der Waals surface area contributed by atoms with E-state index in [0.29, 0.717) is 12.1 Å². The molecule has 164 valence electrons. The number of methoxy groups -OCH3 is 1. The number of carbonyl (C=O) groups excluding carboxylic acids is 1. The molecule has 0 unspecified atom stereocenters. The largest absolute Gasteiger partial charge is 0.495 e. The average Bonchev–Trinajstić information content (AvgIpc) is 3.16. The number of aromatic nitrogens is 2. The summed E-state index contributed by atoms with van der Waals surface area (Å²) in [6.45, 7) is 5.86. The van der Waals surface area contributed by atoms with Crippen LogP contribution in [-0.2, 0) is 7.05 Å². The van der Waals surface area contributed by atoms with Crippen LogP contribution in [0.5, 0.6) is 5.75 Å². The van der Waals surface area contributed by atoms with Crippen LogP contribution in [-0.4, -0.2) is 66.7 Å². The molecule has 3 heterocycles. The molecule has 1 aromatic carbocycles. The minimum atomic E-state index is -0.0241. The number of anilines is 1. The number of piperazine rings is 1. The van der Waals surface area contributed by atoms with E-state index in [1.807, 2.05) is 42.1 Å². The molecule has 4 rings (SSSR count). The average molecular weight is 422 g/mol. The molecular formula is C24H31N5O2. The molecule has 1 amide bonds. The van der Waals surface area contributed by atoms with Gasteiger partial charge in [-0.15, -0.1) is 0 Å². The molecule has 7 heteroatoms. The van der Waals surface area contributed by atoms with Crippen LogP contribution in [0.1, 0.15) is 23.2 Å². The zero-order valence-electron chi connectivity index (χ0n) is 18.4. The number of nitrogens with zero attached hydrogens (tertiary/aromatic N) is 4. The maximum atomic E-state index is 12.6. The highest BCUT2D eigenvalue weighted by Gasteiger charge is 2.19. The molecule has 1 fully saturated rings. The zero-order valence-corrected chi connectivity index (χ0v) is 18.4. The van der Waals surface area contributed by atoms with Gasteiger partial charge in [0.05, 0.1) is 18.4 Å². The van der Waals surface area contributed by atoms with Crippen molar-refractivity contribution in [2.75, 3.05) is 51.3 Å². The second-order valence-corrected chi connectivity index (χ2v) is 7.99. The van der Waals surface area contributed by atoms with Crippen LogP contribution in [0.15, 0.2) is 48.8 Å². The number of carbonyl (C=O) groups is 1. The van der Waals surface area contributed by atoms with Crippen molar-refractivity contribution in [1.82, 2.24) is 19.8 Å². The number of para-hydroxylation sites is 2. The van der Waals surface area contributed by atoms with E-state index in [-0.39, 0.29) is 5.91 Å². The maximum Gasteiger partial charge on any atom is 0.253 e. The molecule has 1 N–H and O–H groups in total. The summed E-state index contributed by atoms with van der Waals surface area (Å²) in [6, 6.07) is 12.0. The number of unbranched alkanes of at least 4 members (excludes halogenated alkanes) is 1. The van der Waals surface area contributed by atoms with E-state index in [0.717, 1.165) is 62.3 Å². The number of amides is 1. The normalized spacial score (nSPS) is 14.7. The molecule has 1 aliphatic heterocycles. The predicted molar refractivity (Wildman–Crippen MR) is 124 cm³/mol. The minimum Gasteiger partial charge on any atom is -0.495 e. The monoisotopic (exact) mass is 421 g/mol. The van der Waals surface area contributed by atoms with Crippen LogP contribution in [0, 0.1) is 0 Å². The molecular weight excluding hydrogens is 390 g/mol. The van der Waals surface area contributed by atoms with Crippen LogP contribution in [0.4, 0.5) is 5.69 Å². The lowest BCUT2D eigenvalue weighted by molar-refractivity contribution is 0.0954. The summed E-state index contributed by atoms with van der Waals surface area (Å²) in [5.41, 5.74) is 2.70. The summed E-state index contributed by atoms with van der Waals surface area (Å²) >= 11 is 0. The van der Waals surface area contributed by atoms with Crippen molar-refractivity contribution in [3.63, 3.8) is 0 Å². The first-order valence-corrected chi connectivity index (χ1v) is 11.0. The van der Waals surface area contributed by atoms with Gasteiger partial charge in [-0.3, -0.25) is 9.69 Å². The number of ether oxygens (including phenoxy) is 1. The molecule has 3 aromatic rings. The van der Waals surface area contributed by atoms with E-state index >= 15 is 0 Å². The maximum absolute atomic E-state index is 12.6. The van der Waals surface area contributed by atoms with E-state index in [9.17, 15) is 4.79 Å². The summed E-state index contributed by atoms with van der Waals surface area (Å²) in [7, 11) is 3.64. The molecule has 31 heavy (non-hydrogen) atoms. The van der Waals surface area contributed by atoms with Crippen molar-refractivity contribution in [1.29, 1.82) is 0 Å². The van der Waals surface area contributed by atoms with Crippen LogP contribution in [0.25, 0.3) is 11.0 Å². The highest BCUT2D eigenvalue weighted by Crippen LogP contribution is 2.28. The number of rotatable bonds is 8. The fourth-order valence-electron chi connectivity index (χ4n) is 4.25. The minimum absolute atomic E-state index is 0.0241. The number of nitrogens with one attached hydrogen (secondary N) is 1. The van der Waals surface area contributed by atoms with Crippen molar-refractivity contribution in [3.8, 4) is 5.75 Å². The zero-order chi connectivity index (χ0) is 21.6. The van der Waals surface area contributed by atoms with E-state index in [1.54, 1.807) is 13.3 Å². The van der Waals surface area contributed by atoms with Gasteiger partial charge < -0.3 is 19.5 Å². The highest BCUT2D eigenvalue weighted by molar-refractivity contribution is 6.06. The van der Waals surface area contributed by atoms with Crippen LogP contribution in [0.2, 0.25) is 0 Å². The van der Waals surface area contributed by atoms with Gasteiger partial charge >= 0.3 is 0 Å². The molecule has 0 bridgehead atoms. The molecule has 7 nitrogen and oxygen atoms in total. The highest BCUT2D eigenvalue weighted by atomic mass is 16.5. The number of hydrogen-bond acceptors (Lipinski definition) is 5. The lowest BCUT2D eigenvalue weighted by Crippen LogP contribution is -2.46. The first kappa shape index (κ1) is 21.2. The SMILES string of the molecule is COc1ccccc1N1CCN(CCCCNC(=O)c2cn(C)c3ncccc23)CC1. The summed E-state index contributed by atoms with van der Waals surface area (Å²) < 4.78 is 7.40. The topological polar surface area (TPSA) is 62.6 Å². The van der Waals surface area contributed by atoms with Gasteiger partial charge in [0.1, 0.15) is 11.4 Å². The predicted octanol–water partition coefficient (Wildman–Crippen LogP) is 2.91. The van der Waals surface area contributed by atoms with Gasteiger partial charge in [0.25, 0.3) is 5.91 Å². The fraction of sp³-hybridized carbons (Fsp3) is 0.417. The van der Waals surface area contributed by atoms with Gasteiger partial charge in [-0.05, 0) is 43.7 Å². The summed E-state index contributed by atoms with van der Waals surface area (Å²) in [4.78, 5) is 21.8. The van der Waals surface area contributed by atoms with Crippen LogP contribution in [0.3, 0.4) is 0 Å². The van der Waals surface area contributed by atoms with Gasteiger partial charge in [-0.2, -0.15) is 0 Å². The van der Waals surface area contributed by atoms with Gasteiger partial charge in [0, 0.05) is 57.6 Å². The van der Waals surface area contributed by atoms with E-state index in [1.165, 1.54) is 5.69 Å². The van der Waals surface area contributed by atoms with Crippen molar-refractivity contribution in [2.45, 2.75) is 12.8 Å². The fourth-order valence-corrected chi connectivity index (χ4v) is 4.25. The number of hydrogen-bond donors (Lipinski definition) is 1. The Morgan fingerprint density at radius 3 is 2.71 bits per heavy atom. The molecule has 2 aromatic heterocycles. The Morgan fingerprint density at radius 2 is 1.90 bits per heavy atom. The Bertz CT molecular complexity index is 1020. The first-order chi connectivity index (χ1) is 15.2.